The summed E-state index contributed by atoms with van der Waals surface area (Å²) < 4.78 is 39.8. The van der Waals surface area contributed by atoms with Crippen molar-refractivity contribution in [3.8, 4) is 5.82 Å². The highest BCUT2D eigenvalue weighted by Gasteiger charge is 2.31. The molecule has 0 bridgehead atoms. The van der Waals surface area contributed by atoms with Crippen LogP contribution >= 0.6 is 0 Å². The van der Waals surface area contributed by atoms with E-state index in [4.69, 9.17) is 0 Å². The summed E-state index contributed by atoms with van der Waals surface area (Å²) in [6.45, 7) is 9.66. The number of benzene rings is 1. The van der Waals surface area contributed by atoms with E-state index in [-0.39, 0.29) is 11.7 Å². The minimum absolute atomic E-state index is 0.128. The van der Waals surface area contributed by atoms with Crippen LogP contribution in [0.1, 0.15) is 52.5 Å². The molecule has 1 aliphatic heterocycles. The molecule has 1 saturated heterocycles. The molecular weight excluding hydrogens is 443 g/mol. The number of pyridine rings is 1. The third-order valence-electron chi connectivity index (χ3n) is 6.24. The van der Waals surface area contributed by atoms with Gasteiger partial charge in [0.15, 0.2) is 5.82 Å². The summed E-state index contributed by atoms with van der Waals surface area (Å²) in [5.41, 5.74) is 2.72. The molecular formula is C25H28F3N5O. The molecule has 6 nitrogen and oxygen atoms in total. The molecule has 0 saturated carbocycles. The molecule has 3 aromatic rings. The predicted molar refractivity (Wildman–Crippen MR) is 123 cm³/mol. The van der Waals surface area contributed by atoms with Crippen LogP contribution in [0.4, 0.5) is 13.2 Å². The Kier molecular flexibility index (Phi) is 6.74. The summed E-state index contributed by atoms with van der Waals surface area (Å²) in [5.74, 6) is 0.612. The molecule has 9 heteroatoms. The zero-order valence-electron chi connectivity index (χ0n) is 19.5. The van der Waals surface area contributed by atoms with Crippen LogP contribution in [0.3, 0.4) is 0 Å². The highest BCUT2D eigenvalue weighted by molar-refractivity contribution is 5.95. The highest BCUT2D eigenvalue weighted by atomic mass is 19.4. The van der Waals surface area contributed by atoms with Crippen molar-refractivity contribution in [1.29, 1.82) is 0 Å². The number of aromatic nitrogens is 3. The first kappa shape index (κ1) is 23.9. The molecule has 0 N–H and O–H groups in total. The molecule has 180 valence electrons. The van der Waals surface area contributed by atoms with Crippen molar-refractivity contribution in [1.82, 2.24) is 24.6 Å². The number of carbonyl (C=O) groups is 1. The van der Waals surface area contributed by atoms with Gasteiger partial charge in [-0.1, -0.05) is 38.1 Å². The van der Waals surface area contributed by atoms with Crippen molar-refractivity contribution >= 4 is 5.91 Å². The molecule has 0 atom stereocenters. The summed E-state index contributed by atoms with van der Waals surface area (Å²) in [6, 6.07) is 10.9. The molecule has 0 unspecified atom stereocenters. The topological polar surface area (TPSA) is 54.3 Å². The van der Waals surface area contributed by atoms with Gasteiger partial charge in [0.2, 0.25) is 0 Å². The van der Waals surface area contributed by atoms with Gasteiger partial charge in [-0.05, 0) is 36.1 Å². The maximum absolute atomic E-state index is 13.1. The van der Waals surface area contributed by atoms with E-state index < -0.39 is 11.7 Å². The fraction of sp³-hybridized carbons (Fsp3) is 0.400. The Hall–Kier alpha value is -3.20. The quantitative estimate of drug-likeness (QED) is 0.543. The number of alkyl halides is 3. The zero-order chi connectivity index (χ0) is 24.5. The van der Waals surface area contributed by atoms with E-state index in [9.17, 15) is 18.0 Å². The molecule has 34 heavy (non-hydrogen) atoms. The lowest BCUT2D eigenvalue weighted by molar-refractivity contribution is -0.137. The molecule has 1 fully saturated rings. The largest absolute Gasteiger partial charge is 0.417 e. The average molecular weight is 472 g/mol. The first-order valence-corrected chi connectivity index (χ1v) is 11.3. The molecule has 1 amide bonds. The van der Waals surface area contributed by atoms with Gasteiger partial charge < -0.3 is 4.90 Å². The second-order valence-corrected chi connectivity index (χ2v) is 8.92. The smallest absolute Gasteiger partial charge is 0.336 e. The molecule has 0 radical (unpaired) electrons. The van der Waals surface area contributed by atoms with E-state index in [2.05, 4.69) is 53.1 Å². The van der Waals surface area contributed by atoms with E-state index in [1.165, 1.54) is 28.1 Å². The second-order valence-electron chi connectivity index (χ2n) is 8.92. The Morgan fingerprint density at radius 3 is 2.24 bits per heavy atom. The van der Waals surface area contributed by atoms with Gasteiger partial charge in [0, 0.05) is 38.9 Å². The van der Waals surface area contributed by atoms with Crippen molar-refractivity contribution in [3.63, 3.8) is 0 Å². The summed E-state index contributed by atoms with van der Waals surface area (Å²) in [6.07, 6.45) is -2.22. The van der Waals surface area contributed by atoms with Gasteiger partial charge >= 0.3 is 6.18 Å². The number of hydrogen-bond acceptors (Lipinski definition) is 4. The van der Waals surface area contributed by atoms with Crippen molar-refractivity contribution in [3.05, 3.63) is 76.7 Å². The van der Waals surface area contributed by atoms with Crippen LogP contribution in [0.25, 0.3) is 5.82 Å². The number of nitrogens with zero attached hydrogens (tertiary/aromatic N) is 5. The van der Waals surface area contributed by atoms with Crippen LogP contribution in [-0.2, 0) is 12.7 Å². The number of carbonyl (C=O) groups excluding carboxylic acids is 1. The number of hydrogen-bond donors (Lipinski definition) is 0. The first-order chi connectivity index (χ1) is 16.1. The lowest BCUT2D eigenvalue weighted by atomic mass is 10.0. The van der Waals surface area contributed by atoms with Crippen LogP contribution in [-0.4, -0.2) is 56.7 Å². The first-order valence-electron chi connectivity index (χ1n) is 11.3. The normalized spacial score (nSPS) is 15.2. The summed E-state index contributed by atoms with van der Waals surface area (Å²) in [7, 11) is 0. The fourth-order valence-electron chi connectivity index (χ4n) is 4.08. The third-order valence-corrected chi connectivity index (χ3v) is 6.24. The zero-order valence-corrected chi connectivity index (χ0v) is 19.5. The van der Waals surface area contributed by atoms with Gasteiger partial charge in [-0.25, -0.2) is 9.67 Å². The molecule has 4 rings (SSSR count). The number of piperazine rings is 1. The van der Waals surface area contributed by atoms with Gasteiger partial charge in [0.05, 0.1) is 23.0 Å². The van der Waals surface area contributed by atoms with Crippen LogP contribution in [0, 0.1) is 6.92 Å². The van der Waals surface area contributed by atoms with E-state index in [0.717, 1.165) is 31.9 Å². The van der Waals surface area contributed by atoms with E-state index in [1.807, 2.05) is 0 Å². The summed E-state index contributed by atoms with van der Waals surface area (Å²) in [5, 5.41) is 4.20. The van der Waals surface area contributed by atoms with Crippen LogP contribution in [0.5, 0.6) is 0 Å². The minimum atomic E-state index is -4.45. The molecule has 3 heterocycles. The Balaban J connectivity index is 1.37. The highest BCUT2D eigenvalue weighted by Crippen LogP contribution is 2.29. The predicted octanol–water partition coefficient (Wildman–Crippen LogP) is 4.68. The average Bonchev–Trinajstić information content (AvgIpc) is 3.20. The minimum Gasteiger partial charge on any atom is -0.336 e. The maximum Gasteiger partial charge on any atom is 0.417 e. The number of halogens is 3. The molecule has 1 aliphatic rings. The molecule has 0 spiro atoms. The van der Waals surface area contributed by atoms with Crippen molar-refractivity contribution in [2.45, 2.75) is 39.4 Å². The van der Waals surface area contributed by atoms with E-state index in [0.29, 0.717) is 30.3 Å². The number of rotatable bonds is 5. The lowest BCUT2D eigenvalue weighted by Gasteiger charge is -2.34. The number of amides is 1. The van der Waals surface area contributed by atoms with Gasteiger partial charge in [0.25, 0.3) is 5.91 Å². The summed E-state index contributed by atoms with van der Waals surface area (Å²) in [4.78, 5) is 21.1. The van der Waals surface area contributed by atoms with E-state index in [1.54, 1.807) is 11.8 Å². The van der Waals surface area contributed by atoms with Crippen molar-refractivity contribution in [2.24, 2.45) is 0 Å². The maximum atomic E-state index is 13.1. The SMILES string of the molecule is Cc1c(C(=O)N2CCN(Cc3ccc(C(C)C)cc3)CC2)cnn1-c1ccc(C(F)(F)F)cn1. The van der Waals surface area contributed by atoms with Gasteiger partial charge in [-0.2, -0.15) is 18.3 Å². The van der Waals surface area contributed by atoms with Crippen molar-refractivity contribution < 1.29 is 18.0 Å². The molecule has 1 aromatic carbocycles. The lowest BCUT2D eigenvalue weighted by Crippen LogP contribution is -2.48. The van der Waals surface area contributed by atoms with Crippen LogP contribution < -0.4 is 0 Å². The van der Waals surface area contributed by atoms with E-state index >= 15 is 0 Å². The standard InChI is InChI=1S/C25H28F3N5O/c1-17(2)20-6-4-19(5-7-20)16-31-10-12-32(13-11-31)24(34)22-15-30-33(18(22)3)23-9-8-21(14-29-23)25(26,27)28/h4-9,14-15,17H,10-13,16H2,1-3H3. The second kappa shape index (κ2) is 9.58. The Bertz CT molecular complexity index is 1130. The monoisotopic (exact) mass is 471 g/mol. The Morgan fingerprint density at radius 2 is 1.68 bits per heavy atom. The molecule has 2 aromatic heterocycles. The van der Waals surface area contributed by atoms with Gasteiger partial charge in [-0.3, -0.25) is 9.69 Å². The summed E-state index contributed by atoms with van der Waals surface area (Å²) >= 11 is 0. The fourth-order valence-corrected chi connectivity index (χ4v) is 4.08. The molecule has 0 aliphatic carbocycles. The van der Waals surface area contributed by atoms with Crippen LogP contribution in [0.15, 0.2) is 48.8 Å². The Morgan fingerprint density at radius 1 is 1.00 bits per heavy atom. The van der Waals surface area contributed by atoms with Gasteiger partial charge in [-0.15, -0.1) is 0 Å². The van der Waals surface area contributed by atoms with Crippen molar-refractivity contribution in [2.75, 3.05) is 26.2 Å². The van der Waals surface area contributed by atoms with Crippen LogP contribution in [0.2, 0.25) is 0 Å². The third kappa shape index (κ3) is 5.14. The Labute approximate surface area is 197 Å². The van der Waals surface area contributed by atoms with Gasteiger partial charge in [0.1, 0.15) is 0 Å².